The molecule has 2 aromatic carbocycles. The normalized spacial score (nSPS) is 10.5. The van der Waals surface area contributed by atoms with Gasteiger partial charge < -0.3 is 0 Å². The molecule has 2 rings (SSSR count). The lowest BCUT2D eigenvalue weighted by Crippen LogP contribution is -1.90. The number of hydrogen-bond acceptors (Lipinski definition) is 0. The van der Waals surface area contributed by atoms with Gasteiger partial charge in [0.2, 0.25) is 0 Å². The van der Waals surface area contributed by atoms with Crippen molar-refractivity contribution in [1.29, 1.82) is 0 Å². The molecule has 2 aromatic rings. The fraction of sp³-hybridized carbons (Fsp3) is 0.143. The van der Waals surface area contributed by atoms with Gasteiger partial charge in [-0.2, -0.15) is 0 Å². The molecule has 0 spiro atoms. The molecule has 0 radical (unpaired) electrons. The Balaban J connectivity index is 2.67. The van der Waals surface area contributed by atoms with Gasteiger partial charge in [-0.25, -0.2) is 8.78 Å². The number of hydrogen-bond donors (Lipinski definition) is 0. The van der Waals surface area contributed by atoms with Crippen molar-refractivity contribution in [2.75, 3.05) is 0 Å². The topological polar surface area (TPSA) is 0 Å². The summed E-state index contributed by atoms with van der Waals surface area (Å²) in [7, 11) is 0. The van der Waals surface area contributed by atoms with Gasteiger partial charge in [-0.05, 0) is 48.2 Å². The lowest BCUT2D eigenvalue weighted by molar-refractivity contribution is 0.584. The molecule has 0 amide bonds. The summed E-state index contributed by atoms with van der Waals surface area (Å²) >= 11 is 0. The molecular weight excluding hydrogens is 206 g/mol. The molecule has 0 heterocycles. The largest absolute Gasteiger partial charge is 0.207 e. The molecule has 0 saturated carbocycles. The minimum absolute atomic E-state index is 0.544. The SMILES string of the molecule is Cc1cccc(C)c1-c1cc(F)cc(F)c1. The highest BCUT2D eigenvalue weighted by molar-refractivity contribution is 5.70. The van der Waals surface area contributed by atoms with E-state index in [1.54, 1.807) is 0 Å². The van der Waals surface area contributed by atoms with Crippen molar-refractivity contribution in [3.05, 3.63) is 59.2 Å². The van der Waals surface area contributed by atoms with Crippen LogP contribution in [0.25, 0.3) is 11.1 Å². The highest BCUT2D eigenvalue weighted by Gasteiger charge is 2.07. The predicted molar refractivity (Wildman–Crippen MR) is 61.3 cm³/mol. The zero-order chi connectivity index (χ0) is 11.7. The molecule has 0 aromatic heterocycles. The maximum atomic E-state index is 13.1. The molecule has 0 N–H and O–H groups in total. The molecular formula is C14H12F2. The van der Waals surface area contributed by atoms with Gasteiger partial charge in [0.15, 0.2) is 0 Å². The third-order valence-corrected chi connectivity index (χ3v) is 2.63. The van der Waals surface area contributed by atoms with Crippen LogP contribution in [0.4, 0.5) is 8.78 Å². The van der Waals surface area contributed by atoms with Crippen LogP contribution in [-0.4, -0.2) is 0 Å². The minimum Gasteiger partial charge on any atom is -0.207 e. The van der Waals surface area contributed by atoms with Gasteiger partial charge >= 0.3 is 0 Å². The van der Waals surface area contributed by atoms with Crippen molar-refractivity contribution in [3.63, 3.8) is 0 Å². The number of benzene rings is 2. The zero-order valence-corrected chi connectivity index (χ0v) is 9.22. The Labute approximate surface area is 93.5 Å². The zero-order valence-electron chi connectivity index (χ0n) is 9.22. The summed E-state index contributed by atoms with van der Waals surface area (Å²) in [5.74, 6) is -1.09. The van der Waals surface area contributed by atoms with Gasteiger partial charge in [0, 0.05) is 6.07 Å². The first-order valence-electron chi connectivity index (χ1n) is 5.10. The quantitative estimate of drug-likeness (QED) is 0.671. The van der Waals surface area contributed by atoms with Crippen LogP contribution in [0.5, 0.6) is 0 Å². The van der Waals surface area contributed by atoms with Crippen LogP contribution in [0.2, 0.25) is 0 Å². The van der Waals surface area contributed by atoms with E-state index in [0.29, 0.717) is 5.56 Å². The second-order valence-electron chi connectivity index (χ2n) is 3.92. The molecule has 0 nitrogen and oxygen atoms in total. The van der Waals surface area contributed by atoms with Gasteiger partial charge in [-0.15, -0.1) is 0 Å². The minimum atomic E-state index is -0.544. The number of aryl methyl sites for hydroxylation is 2. The van der Waals surface area contributed by atoms with Crippen molar-refractivity contribution in [2.24, 2.45) is 0 Å². The van der Waals surface area contributed by atoms with E-state index in [2.05, 4.69) is 0 Å². The van der Waals surface area contributed by atoms with E-state index >= 15 is 0 Å². The predicted octanol–water partition coefficient (Wildman–Crippen LogP) is 4.25. The highest BCUT2D eigenvalue weighted by atomic mass is 19.1. The van der Waals surface area contributed by atoms with Crippen LogP contribution < -0.4 is 0 Å². The molecule has 0 fully saturated rings. The van der Waals surface area contributed by atoms with Crippen molar-refractivity contribution >= 4 is 0 Å². The van der Waals surface area contributed by atoms with Gasteiger partial charge in [0.05, 0.1) is 0 Å². The molecule has 82 valence electrons. The molecule has 0 atom stereocenters. The van der Waals surface area contributed by atoms with Crippen molar-refractivity contribution in [1.82, 2.24) is 0 Å². The molecule has 0 aliphatic rings. The number of rotatable bonds is 1. The first-order chi connectivity index (χ1) is 7.58. The Bertz CT molecular complexity index is 490. The van der Waals surface area contributed by atoms with Crippen molar-refractivity contribution in [2.45, 2.75) is 13.8 Å². The third kappa shape index (κ3) is 1.96. The van der Waals surface area contributed by atoms with E-state index < -0.39 is 11.6 Å². The summed E-state index contributed by atoms with van der Waals surface area (Å²) in [5.41, 5.74) is 3.53. The van der Waals surface area contributed by atoms with Crippen LogP contribution in [0.1, 0.15) is 11.1 Å². The van der Waals surface area contributed by atoms with Gasteiger partial charge in [0.25, 0.3) is 0 Å². The molecule has 0 saturated heterocycles. The first-order valence-corrected chi connectivity index (χ1v) is 5.10. The fourth-order valence-corrected chi connectivity index (χ4v) is 1.97. The van der Waals surface area contributed by atoms with E-state index in [1.165, 1.54) is 12.1 Å². The van der Waals surface area contributed by atoms with E-state index in [-0.39, 0.29) is 0 Å². The smallest absolute Gasteiger partial charge is 0.126 e. The second kappa shape index (κ2) is 4.05. The summed E-state index contributed by atoms with van der Waals surface area (Å²) in [5, 5.41) is 0. The standard InChI is InChI=1S/C14H12F2/c1-9-4-3-5-10(2)14(9)11-6-12(15)8-13(16)7-11/h3-8H,1-2H3. The monoisotopic (exact) mass is 218 g/mol. The van der Waals surface area contributed by atoms with Crippen LogP contribution >= 0.6 is 0 Å². The Kier molecular flexibility index (Phi) is 2.73. The molecule has 2 heteroatoms. The molecule has 0 aliphatic carbocycles. The maximum Gasteiger partial charge on any atom is 0.126 e. The van der Waals surface area contributed by atoms with Gasteiger partial charge in [0.1, 0.15) is 11.6 Å². The van der Waals surface area contributed by atoms with E-state index in [0.717, 1.165) is 22.8 Å². The van der Waals surface area contributed by atoms with Crippen molar-refractivity contribution in [3.8, 4) is 11.1 Å². The van der Waals surface area contributed by atoms with Crippen LogP contribution in [0.15, 0.2) is 36.4 Å². The summed E-state index contributed by atoms with van der Waals surface area (Å²) < 4.78 is 26.3. The average Bonchev–Trinajstić information content (AvgIpc) is 2.15. The Morgan fingerprint density at radius 1 is 0.812 bits per heavy atom. The van der Waals surface area contributed by atoms with E-state index in [9.17, 15) is 8.78 Å². The second-order valence-corrected chi connectivity index (χ2v) is 3.92. The summed E-state index contributed by atoms with van der Waals surface area (Å²) in [6, 6.07) is 9.41. The van der Waals surface area contributed by atoms with E-state index in [4.69, 9.17) is 0 Å². The fourth-order valence-electron chi connectivity index (χ4n) is 1.97. The van der Waals surface area contributed by atoms with E-state index in [1.807, 2.05) is 32.0 Å². The Morgan fingerprint density at radius 2 is 1.31 bits per heavy atom. The van der Waals surface area contributed by atoms with Gasteiger partial charge in [-0.3, -0.25) is 0 Å². The van der Waals surface area contributed by atoms with Crippen LogP contribution in [0.3, 0.4) is 0 Å². The van der Waals surface area contributed by atoms with Crippen LogP contribution in [0, 0.1) is 25.5 Å². The molecule has 16 heavy (non-hydrogen) atoms. The summed E-state index contributed by atoms with van der Waals surface area (Å²) in [6.07, 6.45) is 0. The number of halogens is 2. The average molecular weight is 218 g/mol. The summed E-state index contributed by atoms with van der Waals surface area (Å²) in [4.78, 5) is 0. The van der Waals surface area contributed by atoms with Crippen LogP contribution in [-0.2, 0) is 0 Å². The van der Waals surface area contributed by atoms with Crippen molar-refractivity contribution < 1.29 is 8.78 Å². The molecule has 0 aliphatic heterocycles. The Morgan fingerprint density at radius 3 is 1.81 bits per heavy atom. The molecule has 0 unspecified atom stereocenters. The third-order valence-electron chi connectivity index (χ3n) is 2.63. The summed E-state index contributed by atoms with van der Waals surface area (Å²) in [6.45, 7) is 3.87. The van der Waals surface area contributed by atoms with Gasteiger partial charge in [-0.1, -0.05) is 18.2 Å². The Hall–Kier alpha value is -1.70. The lowest BCUT2D eigenvalue weighted by Gasteiger charge is -2.10. The first kappa shape index (κ1) is 10.8. The maximum absolute atomic E-state index is 13.1. The molecule has 0 bridgehead atoms. The highest BCUT2D eigenvalue weighted by Crippen LogP contribution is 2.28. The lowest BCUT2D eigenvalue weighted by atomic mass is 9.96.